The van der Waals surface area contributed by atoms with E-state index < -0.39 is 5.92 Å². The minimum atomic E-state index is -0.477. The Labute approximate surface area is 365 Å². The van der Waals surface area contributed by atoms with Crippen LogP contribution in [0.25, 0.3) is 0 Å². The van der Waals surface area contributed by atoms with Gasteiger partial charge in [-0.15, -0.1) is 0 Å². The number of nitrogens with one attached hydrogen (secondary N) is 2. The first-order valence-electron chi connectivity index (χ1n) is 22.8. The maximum Gasteiger partial charge on any atom is 0.244 e. The molecule has 2 rings (SSSR count). The molecule has 0 heterocycles. The summed E-state index contributed by atoms with van der Waals surface area (Å²) in [6.45, 7) is 22.2. The molecule has 60 heavy (non-hydrogen) atoms. The first-order valence-corrected chi connectivity index (χ1v) is 22.8. The molecular formula is C53H80N2O5. The molecule has 0 bridgehead atoms. The third-order valence-electron chi connectivity index (χ3n) is 11.2. The SMILES string of the molecule is CCCCOCCOCCNC(=O)[C@H](CCCCNC(=O)/C=C(C)/C=C/C=C(C)/C=C/C1=C(C)CCCC1)CC(=O)/C=C(C)/C=C/C=C(C)/C=C/C1=C(C)CCCC1(C)C. The highest BCUT2D eigenvalue weighted by Crippen LogP contribution is 2.40. The lowest BCUT2D eigenvalue weighted by Crippen LogP contribution is -2.34. The summed E-state index contributed by atoms with van der Waals surface area (Å²) in [4.78, 5) is 39.1. The second-order valence-corrected chi connectivity index (χ2v) is 17.5. The van der Waals surface area contributed by atoms with E-state index in [1.807, 2.05) is 38.2 Å². The van der Waals surface area contributed by atoms with Crippen LogP contribution in [0.15, 0.2) is 117 Å². The molecule has 1 atom stereocenters. The largest absolute Gasteiger partial charge is 0.379 e. The van der Waals surface area contributed by atoms with Crippen LogP contribution >= 0.6 is 0 Å². The van der Waals surface area contributed by atoms with E-state index in [4.69, 9.17) is 9.47 Å². The number of unbranched alkanes of at least 4 members (excludes halogenated alkanes) is 2. The van der Waals surface area contributed by atoms with Gasteiger partial charge < -0.3 is 20.1 Å². The predicted molar refractivity (Wildman–Crippen MR) is 253 cm³/mol. The topological polar surface area (TPSA) is 93.7 Å². The van der Waals surface area contributed by atoms with Crippen molar-refractivity contribution >= 4 is 17.6 Å². The molecule has 332 valence electrons. The fourth-order valence-electron chi connectivity index (χ4n) is 7.50. The second-order valence-electron chi connectivity index (χ2n) is 17.5. The molecule has 0 fully saturated rings. The van der Waals surface area contributed by atoms with Gasteiger partial charge in [-0.05, 0) is 140 Å². The Bertz CT molecular complexity index is 1690. The van der Waals surface area contributed by atoms with E-state index in [0.29, 0.717) is 52.2 Å². The van der Waals surface area contributed by atoms with Crippen molar-refractivity contribution in [1.82, 2.24) is 10.6 Å². The quantitative estimate of drug-likeness (QED) is 0.0489. The first-order chi connectivity index (χ1) is 28.7. The highest BCUT2D eigenvalue weighted by molar-refractivity contribution is 5.94. The molecule has 7 heteroatoms. The lowest BCUT2D eigenvalue weighted by atomic mass is 9.72. The predicted octanol–water partition coefficient (Wildman–Crippen LogP) is 12.2. The molecule has 0 spiro atoms. The van der Waals surface area contributed by atoms with Crippen LogP contribution in [0.1, 0.15) is 146 Å². The molecule has 0 aromatic carbocycles. The zero-order valence-corrected chi connectivity index (χ0v) is 39.0. The van der Waals surface area contributed by atoms with Crippen molar-refractivity contribution < 1.29 is 23.9 Å². The summed E-state index contributed by atoms with van der Waals surface area (Å²) in [6.07, 6.45) is 36.7. The van der Waals surface area contributed by atoms with Crippen molar-refractivity contribution in [2.45, 2.75) is 146 Å². The number of allylic oxidation sites excluding steroid dienone is 19. The molecule has 0 saturated heterocycles. The van der Waals surface area contributed by atoms with Crippen molar-refractivity contribution in [2.24, 2.45) is 11.3 Å². The van der Waals surface area contributed by atoms with Gasteiger partial charge >= 0.3 is 0 Å². The summed E-state index contributed by atoms with van der Waals surface area (Å²) in [5.74, 6) is -0.859. The fraction of sp³-hybridized carbons (Fsp3) is 0.566. The average Bonchev–Trinajstić information content (AvgIpc) is 3.18. The van der Waals surface area contributed by atoms with Gasteiger partial charge in [-0.25, -0.2) is 0 Å². The van der Waals surface area contributed by atoms with Crippen molar-refractivity contribution in [3.8, 4) is 0 Å². The van der Waals surface area contributed by atoms with E-state index >= 15 is 0 Å². The lowest BCUT2D eigenvalue weighted by molar-refractivity contribution is -0.128. The number of carbonyl (C=O) groups excluding carboxylic acids is 3. The highest BCUT2D eigenvalue weighted by Gasteiger charge is 2.26. The van der Waals surface area contributed by atoms with Gasteiger partial charge in [0.1, 0.15) is 0 Å². The molecule has 0 unspecified atom stereocenters. The number of carbonyl (C=O) groups is 3. The molecule has 0 aromatic rings. The molecule has 2 aliphatic rings. The van der Waals surface area contributed by atoms with Crippen LogP contribution in [-0.4, -0.2) is 57.1 Å². The van der Waals surface area contributed by atoms with Crippen molar-refractivity contribution in [3.05, 3.63) is 117 Å². The number of ketones is 1. The van der Waals surface area contributed by atoms with Gasteiger partial charge in [-0.2, -0.15) is 0 Å². The number of amides is 2. The van der Waals surface area contributed by atoms with Crippen LogP contribution in [0, 0.1) is 11.3 Å². The Morgan fingerprint density at radius 1 is 0.683 bits per heavy atom. The third-order valence-corrected chi connectivity index (χ3v) is 11.2. The average molecular weight is 825 g/mol. The lowest BCUT2D eigenvalue weighted by Gasteiger charge is -2.32. The van der Waals surface area contributed by atoms with Crippen molar-refractivity contribution in [1.29, 1.82) is 0 Å². The molecule has 0 radical (unpaired) electrons. The molecule has 0 aromatic heterocycles. The zero-order chi connectivity index (χ0) is 44.2. The van der Waals surface area contributed by atoms with E-state index in [0.717, 1.165) is 48.2 Å². The van der Waals surface area contributed by atoms with Crippen LogP contribution in [0.2, 0.25) is 0 Å². The molecular weight excluding hydrogens is 745 g/mol. The van der Waals surface area contributed by atoms with Crippen LogP contribution in [0.4, 0.5) is 0 Å². The number of hydrogen-bond donors (Lipinski definition) is 2. The van der Waals surface area contributed by atoms with Crippen LogP contribution < -0.4 is 10.6 Å². The van der Waals surface area contributed by atoms with E-state index in [2.05, 4.69) is 95.6 Å². The van der Waals surface area contributed by atoms with Gasteiger partial charge in [-0.3, -0.25) is 14.4 Å². The van der Waals surface area contributed by atoms with Crippen LogP contribution in [0.3, 0.4) is 0 Å². The summed E-state index contributed by atoms with van der Waals surface area (Å²) in [5, 5.41) is 5.93. The Morgan fingerprint density at radius 2 is 1.32 bits per heavy atom. The number of hydrogen-bond acceptors (Lipinski definition) is 5. The fourth-order valence-corrected chi connectivity index (χ4v) is 7.50. The van der Waals surface area contributed by atoms with Crippen LogP contribution in [-0.2, 0) is 23.9 Å². The number of rotatable bonds is 27. The molecule has 2 N–H and O–H groups in total. The van der Waals surface area contributed by atoms with Gasteiger partial charge in [0.15, 0.2) is 5.78 Å². The number of ether oxygens (including phenoxy) is 2. The summed E-state index contributed by atoms with van der Waals surface area (Å²) < 4.78 is 11.2. The van der Waals surface area contributed by atoms with Gasteiger partial charge in [0, 0.05) is 38.1 Å². The molecule has 0 saturated carbocycles. The van der Waals surface area contributed by atoms with Gasteiger partial charge in [0.25, 0.3) is 0 Å². The van der Waals surface area contributed by atoms with E-state index in [9.17, 15) is 14.4 Å². The minimum Gasteiger partial charge on any atom is -0.379 e. The third kappa shape index (κ3) is 23.1. The second kappa shape index (κ2) is 30.0. The maximum absolute atomic E-state index is 13.3. The normalized spacial score (nSPS) is 17.8. The summed E-state index contributed by atoms with van der Waals surface area (Å²) in [5.41, 5.74) is 10.1. The molecule has 2 aliphatic carbocycles. The van der Waals surface area contributed by atoms with Crippen molar-refractivity contribution in [3.63, 3.8) is 0 Å². The standard InChI is InChI=1S/C53H80N2O5/c1-10-11-34-59-36-37-60-35-33-55-52(58)48(40-49(56)38-43(4)21-16-20-42(3)28-30-50-46(7)24-18-31-53(50,8)9)26-14-15-32-54-51(57)39-44(5)22-17-19-41(2)27-29-47-25-13-12-23-45(47)6/h16-17,19-22,27-30,38-39,48H,10-15,18,23-26,31-37,40H2,1-9H3,(H,54,57)(H,55,58)/b21-16+,22-17+,29-27+,30-28+,41-19+,42-20+,43-38+,44-39+/t48-/m1/s1. The Morgan fingerprint density at radius 3 is 1.98 bits per heavy atom. The van der Waals surface area contributed by atoms with Gasteiger partial charge in [0.05, 0.1) is 19.8 Å². The monoisotopic (exact) mass is 825 g/mol. The summed E-state index contributed by atoms with van der Waals surface area (Å²) in [7, 11) is 0. The van der Waals surface area contributed by atoms with Gasteiger partial charge in [0.2, 0.25) is 11.8 Å². The minimum absolute atomic E-state index is 0.0833. The zero-order valence-electron chi connectivity index (χ0n) is 39.0. The Kier molecular flexibility index (Phi) is 26.1. The Hall–Kier alpha value is -4.07. The summed E-state index contributed by atoms with van der Waals surface area (Å²) >= 11 is 0. The molecule has 2 amide bonds. The molecule has 0 aliphatic heterocycles. The Balaban J connectivity index is 1.92. The van der Waals surface area contributed by atoms with Crippen LogP contribution in [0.5, 0.6) is 0 Å². The van der Waals surface area contributed by atoms with E-state index in [1.165, 1.54) is 60.8 Å². The van der Waals surface area contributed by atoms with Gasteiger partial charge in [-0.1, -0.05) is 117 Å². The summed E-state index contributed by atoms with van der Waals surface area (Å²) in [6, 6.07) is 0. The van der Waals surface area contributed by atoms with Crippen molar-refractivity contribution in [2.75, 3.05) is 39.5 Å². The smallest absolute Gasteiger partial charge is 0.244 e. The van der Waals surface area contributed by atoms with E-state index in [1.54, 1.807) is 12.2 Å². The van der Waals surface area contributed by atoms with E-state index in [-0.39, 0.29) is 29.4 Å². The first kappa shape index (κ1) is 52.1. The maximum atomic E-state index is 13.3. The highest BCUT2D eigenvalue weighted by atomic mass is 16.5. The molecule has 7 nitrogen and oxygen atoms in total.